The molecule has 2 bridgehead atoms. The first-order valence-electron chi connectivity index (χ1n) is 5.87. The fourth-order valence-corrected chi connectivity index (χ4v) is 2.78. The highest BCUT2D eigenvalue weighted by molar-refractivity contribution is 6.33. The average molecular weight is 235 g/mol. The number of nitrogens with zero attached hydrogens (tertiary/aromatic N) is 2. The van der Waals surface area contributed by atoms with E-state index in [0.717, 1.165) is 17.3 Å². The van der Waals surface area contributed by atoms with Crippen molar-refractivity contribution in [3.05, 3.63) is 29.3 Å². The topological polar surface area (TPSA) is 15.6 Å². The molecule has 3 aliphatic rings. The van der Waals surface area contributed by atoms with Crippen molar-refractivity contribution in [3.8, 4) is 0 Å². The van der Waals surface area contributed by atoms with E-state index in [1.54, 1.807) is 0 Å². The maximum Gasteiger partial charge on any atom is 0.0815 e. The van der Waals surface area contributed by atoms with Crippen molar-refractivity contribution in [1.82, 2.24) is 4.90 Å². The molecule has 0 aromatic heterocycles. The molecule has 0 spiro atoms. The van der Waals surface area contributed by atoms with Crippen LogP contribution in [0, 0.1) is 5.92 Å². The maximum absolute atomic E-state index is 6.12. The van der Waals surface area contributed by atoms with E-state index in [0.29, 0.717) is 5.92 Å². The summed E-state index contributed by atoms with van der Waals surface area (Å²) >= 11 is 6.12. The Balaban J connectivity index is 1.90. The lowest BCUT2D eigenvalue weighted by atomic mass is 9.86. The van der Waals surface area contributed by atoms with Crippen molar-refractivity contribution >= 4 is 23.0 Å². The Kier molecular flexibility index (Phi) is 2.70. The molecule has 3 fully saturated rings. The molecule has 1 aromatic rings. The first-order chi connectivity index (χ1) is 7.83. The lowest BCUT2D eigenvalue weighted by molar-refractivity contribution is 0.200. The van der Waals surface area contributed by atoms with Crippen molar-refractivity contribution in [2.45, 2.75) is 12.8 Å². The number of fused-ring (bicyclic) bond motifs is 3. The number of para-hydroxylation sites is 1. The second-order valence-electron chi connectivity index (χ2n) is 4.60. The van der Waals surface area contributed by atoms with Gasteiger partial charge in [-0.2, -0.15) is 0 Å². The second kappa shape index (κ2) is 4.19. The summed E-state index contributed by atoms with van der Waals surface area (Å²) in [6.07, 6.45) is 2.53. The molecule has 1 aromatic carbocycles. The van der Waals surface area contributed by atoms with Crippen LogP contribution in [0.5, 0.6) is 0 Å². The van der Waals surface area contributed by atoms with Gasteiger partial charge in [-0.1, -0.05) is 23.7 Å². The molecule has 3 saturated heterocycles. The Labute approximate surface area is 101 Å². The van der Waals surface area contributed by atoms with Crippen molar-refractivity contribution in [1.29, 1.82) is 0 Å². The molecule has 0 aliphatic carbocycles. The molecule has 0 N–H and O–H groups in total. The van der Waals surface area contributed by atoms with Gasteiger partial charge in [0.05, 0.1) is 10.7 Å². The largest absolute Gasteiger partial charge is 0.298 e. The van der Waals surface area contributed by atoms with Crippen LogP contribution < -0.4 is 0 Å². The van der Waals surface area contributed by atoms with Crippen LogP contribution in [0.2, 0.25) is 5.02 Å². The van der Waals surface area contributed by atoms with Gasteiger partial charge in [0.15, 0.2) is 0 Å². The van der Waals surface area contributed by atoms with Crippen LogP contribution in [0.25, 0.3) is 0 Å². The Morgan fingerprint density at radius 3 is 2.56 bits per heavy atom. The predicted molar refractivity (Wildman–Crippen MR) is 67.7 cm³/mol. The van der Waals surface area contributed by atoms with Crippen LogP contribution >= 0.6 is 11.6 Å². The average Bonchev–Trinajstić information content (AvgIpc) is 2.34. The maximum atomic E-state index is 6.12. The summed E-state index contributed by atoms with van der Waals surface area (Å²) in [5, 5.41) is 0.756. The fourth-order valence-electron chi connectivity index (χ4n) is 2.61. The van der Waals surface area contributed by atoms with Crippen LogP contribution in [0.1, 0.15) is 12.8 Å². The van der Waals surface area contributed by atoms with Gasteiger partial charge < -0.3 is 0 Å². The molecule has 0 unspecified atom stereocenters. The first kappa shape index (κ1) is 10.3. The van der Waals surface area contributed by atoms with E-state index in [2.05, 4.69) is 4.90 Å². The summed E-state index contributed by atoms with van der Waals surface area (Å²) in [7, 11) is 0. The lowest BCUT2D eigenvalue weighted by Gasteiger charge is -2.39. The van der Waals surface area contributed by atoms with Crippen LogP contribution in [-0.2, 0) is 0 Å². The van der Waals surface area contributed by atoms with E-state index >= 15 is 0 Å². The Morgan fingerprint density at radius 1 is 1.19 bits per heavy atom. The zero-order valence-electron chi connectivity index (χ0n) is 9.19. The standard InChI is InChI=1S/C13H15ClN2/c14-11-3-1-2-4-12(11)15-13-9-16-7-5-10(13)6-8-16/h1-4,10H,5-9H2. The summed E-state index contributed by atoms with van der Waals surface area (Å²) in [4.78, 5) is 7.23. The van der Waals surface area contributed by atoms with Crippen LogP contribution in [-0.4, -0.2) is 30.2 Å². The van der Waals surface area contributed by atoms with Gasteiger partial charge in [0, 0.05) is 18.2 Å². The van der Waals surface area contributed by atoms with Gasteiger partial charge >= 0.3 is 0 Å². The number of hydrogen-bond donors (Lipinski definition) is 0. The van der Waals surface area contributed by atoms with Crippen molar-refractivity contribution in [2.24, 2.45) is 10.9 Å². The van der Waals surface area contributed by atoms with E-state index in [1.165, 1.54) is 31.6 Å². The van der Waals surface area contributed by atoms with E-state index in [9.17, 15) is 0 Å². The van der Waals surface area contributed by atoms with Gasteiger partial charge in [0.25, 0.3) is 0 Å². The van der Waals surface area contributed by atoms with Gasteiger partial charge in [0.2, 0.25) is 0 Å². The van der Waals surface area contributed by atoms with Crippen molar-refractivity contribution < 1.29 is 0 Å². The van der Waals surface area contributed by atoms with Crippen molar-refractivity contribution in [2.75, 3.05) is 19.6 Å². The number of halogens is 1. The van der Waals surface area contributed by atoms with Crippen LogP contribution in [0.3, 0.4) is 0 Å². The smallest absolute Gasteiger partial charge is 0.0815 e. The van der Waals surface area contributed by atoms with Gasteiger partial charge in [-0.15, -0.1) is 0 Å². The minimum atomic E-state index is 0.696. The minimum absolute atomic E-state index is 0.696. The molecule has 0 radical (unpaired) electrons. The zero-order valence-corrected chi connectivity index (χ0v) is 9.95. The molecule has 3 aliphatic heterocycles. The molecular weight excluding hydrogens is 220 g/mol. The second-order valence-corrected chi connectivity index (χ2v) is 5.01. The first-order valence-corrected chi connectivity index (χ1v) is 6.25. The molecule has 4 rings (SSSR count). The van der Waals surface area contributed by atoms with Crippen LogP contribution in [0.4, 0.5) is 5.69 Å². The molecule has 84 valence electrons. The summed E-state index contributed by atoms with van der Waals surface area (Å²) in [5.41, 5.74) is 2.25. The minimum Gasteiger partial charge on any atom is -0.298 e. The normalized spacial score (nSPS) is 30.9. The van der Waals surface area contributed by atoms with E-state index in [4.69, 9.17) is 16.6 Å². The summed E-state index contributed by atoms with van der Waals surface area (Å²) in [6.45, 7) is 3.52. The number of aliphatic imine (C=N–C) groups is 1. The summed E-state index contributed by atoms with van der Waals surface area (Å²) in [5.74, 6) is 0.696. The third-order valence-electron chi connectivity index (χ3n) is 3.56. The predicted octanol–water partition coefficient (Wildman–Crippen LogP) is 3.14. The van der Waals surface area contributed by atoms with Gasteiger partial charge in [-0.3, -0.25) is 9.89 Å². The lowest BCUT2D eigenvalue weighted by Crippen LogP contribution is -2.47. The highest BCUT2D eigenvalue weighted by Gasteiger charge is 2.30. The fraction of sp³-hybridized carbons (Fsp3) is 0.462. The molecule has 0 amide bonds. The van der Waals surface area contributed by atoms with E-state index < -0.39 is 0 Å². The SMILES string of the molecule is Clc1ccccc1N=C1CN2CCC1CC2. The quantitative estimate of drug-likeness (QED) is 0.729. The molecule has 2 nitrogen and oxygen atoms in total. The monoisotopic (exact) mass is 234 g/mol. The molecule has 16 heavy (non-hydrogen) atoms. The molecule has 3 heteroatoms. The number of rotatable bonds is 1. The number of hydrogen-bond acceptors (Lipinski definition) is 2. The molecule has 3 heterocycles. The van der Waals surface area contributed by atoms with E-state index in [1.807, 2.05) is 24.3 Å². The third kappa shape index (κ3) is 1.87. The van der Waals surface area contributed by atoms with Crippen LogP contribution in [0.15, 0.2) is 29.3 Å². The van der Waals surface area contributed by atoms with E-state index in [-0.39, 0.29) is 0 Å². The summed E-state index contributed by atoms with van der Waals surface area (Å²) < 4.78 is 0. The zero-order chi connectivity index (χ0) is 11.0. The Bertz CT molecular complexity index is 420. The number of benzene rings is 1. The third-order valence-corrected chi connectivity index (χ3v) is 3.88. The Hall–Kier alpha value is -0.860. The highest BCUT2D eigenvalue weighted by Crippen LogP contribution is 2.30. The summed E-state index contributed by atoms with van der Waals surface area (Å²) in [6, 6.07) is 7.84. The molecule has 0 saturated carbocycles. The molecular formula is C13H15ClN2. The Morgan fingerprint density at radius 2 is 1.94 bits per heavy atom. The highest BCUT2D eigenvalue weighted by atomic mass is 35.5. The molecule has 0 atom stereocenters. The van der Waals surface area contributed by atoms with Crippen molar-refractivity contribution in [3.63, 3.8) is 0 Å². The van der Waals surface area contributed by atoms with Gasteiger partial charge in [-0.05, 0) is 38.1 Å². The number of piperidine rings is 3. The van der Waals surface area contributed by atoms with Gasteiger partial charge in [0.1, 0.15) is 0 Å². The van der Waals surface area contributed by atoms with Gasteiger partial charge in [-0.25, -0.2) is 0 Å².